The molecule has 2 heteroatoms. The fourth-order valence-electron chi connectivity index (χ4n) is 3.68. The summed E-state index contributed by atoms with van der Waals surface area (Å²) in [7, 11) is 0. The van der Waals surface area contributed by atoms with Gasteiger partial charge in [0.15, 0.2) is 0 Å². The van der Waals surface area contributed by atoms with Gasteiger partial charge in [-0.05, 0) is 37.1 Å². The van der Waals surface area contributed by atoms with Gasteiger partial charge in [-0.2, -0.15) is 0 Å². The standard InChI is InChI=1S/C21H28N2/c1-2-23-15-9-14-21(23)18-22(16-19-10-5-3-6-11-19)17-20-12-7-4-8-13-20/h3-8,10-13,21H,2,9,14-18H2,1H3. The van der Waals surface area contributed by atoms with Crippen molar-refractivity contribution >= 4 is 0 Å². The molecule has 1 atom stereocenters. The summed E-state index contributed by atoms with van der Waals surface area (Å²) >= 11 is 0. The molecule has 3 rings (SSSR count). The van der Waals surface area contributed by atoms with E-state index >= 15 is 0 Å². The van der Waals surface area contributed by atoms with Crippen LogP contribution in [-0.4, -0.2) is 35.5 Å². The smallest absolute Gasteiger partial charge is 0.0237 e. The molecule has 0 aromatic heterocycles. The van der Waals surface area contributed by atoms with Crippen molar-refractivity contribution in [3.8, 4) is 0 Å². The predicted octanol–water partition coefficient (Wildman–Crippen LogP) is 4.17. The van der Waals surface area contributed by atoms with Crippen LogP contribution in [0, 0.1) is 0 Å². The van der Waals surface area contributed by atoms with Crippen LogP contribution in [0.4, 0.5) is 0 Å². The number of rotatable bonds is 7. The summed E-state index contributed by atoms with van der Waals surface area (Å²) in [6.07, 6.45) is 2.69. The molecular formula is C21H28N2. The first kappa shape index (κ1) is 16.2. The maximum absolute atomic E-state index is 2.64. The lowest BCUT2D eigenvalue weighted by atomic mass is 10.1. The Kier molecular flexibility index (Phi) is 5.84. The van der Waals surface area contributed by atoms with Crippen LogP contribution < -0.4 is 0 Å². The van der Waals surface area contributed by atoms with E-state index in [-0.39, 0.29) is 0 Å². The third-order valence-electron chi connectivity index (χ3n) is 4.87. The molecular weight excluding hydrogens is 280 g/mol. The van der Waals surface area contributed by atoms with Crippen LogP contribution in [0.1, 0.15) is 30.9 Å². The van der Waals surface area contributed by atoms with Gasteiger partial charge in [0.05, 0.1) is 0 Å². The molecule has 1 saturated heterocycles. The number of hydrogen-bond donors (Lipinski definition) is 0. The van der Waals surface area contributed by atoms with E-state index in [2.05, 4.69) is 77.4 Å². The van der Waals surface area contributed by atoms with Crippen molar-refractivity contribution in [1.82, 2.24) is 9.80 Å². The lowest BCUT2D eigenvalue weighted by molar-refractivity contribution is 0.166. The average molecular weight is 308 g/mol. The summed E-state index contributed by atoms with van der Waals surface area (Å²) in [5, 5.41) is 0. The Morgan fingerprint density at radius 2 is 1.48 bits per heavy atom. The predicted molar refractivity (Wildman–Crippen MR) is 97.3 cm³/mol. The molecule has 0 radical (unpaired) electrons. The number of likely N-dealkylation sites (tertiary alicyclic amines) is 1. The monoisotopic (exact) mass is 308 g/mol. The van der Waals surface area contributed by atoms with Gasteiger partial charge in [-0.15, -0.1) is 0 Å². The number of nitrogens with zero attached hydrogens (tertiary/aromatic N) is 2. The fourth-order valence-corrected chi connectivity index (χ4v) is 3.68. The van der Waals surface area contributed by atoms with E-state index in [0.29, 0.717) is 6.04 Å². The lowest BCUT2D eigenvalue weighted by Crippen LogP contribution is -2.39. The van der Waals surface area contributed by atoms with Gasteiger partial charge in [-0.25, -0.2) is 0 Å². The molecule has 1 unspecified atom stereocenters. The van der Waals surface area contributed by atoms with Gasteiger partial charge in [0, 0.05) is 25.7 Å². The first-order valence-electron chi connectivity index (χ1n) is 8.89. The zero-order valence-corrected chi connectivity index (χ0v) is 14.2. The van der Waals surface area contributed by atoms with E-state index in [1.807, 2.05) is 0 Å². The molecule has 0 bridgehead atoms. The third-order valence-corrected chi connectivity index (χ3v) is 4.87. The van der Waals surface area contributed by atoms with E-state index in [1.54, 1.807) is 0 Å². The quantitative estimate of drug-likeness (QED) is 0.757. The summed E-state index contributed by atoms with van der Waals surface area (Å²) in [4.78, 5) is 5.26. The van der Waals surface area contributed by atoms with Crippen LogP contribution in [0.3, 0.4) is 0 Å². The van der Waals surface area contributed by atoms with E-state index < -0.39 is 0 Å². The first-order valence-corrected chi connectivity index (χ1v) is 8.89. The van der Waals surface area contributed by atoms with Crippen molar-refractivity contribution < 1.29 is 0 Å². The summed E-state index contributed by atoms with van der Waals surface area (Å²) in [6, 6.07) is 22.4. The number of hydrogen-bond acceptors (Lipinski definition) is 2. The second kappa shape index (κ2) is 8.28. The topological polar surface area (TPSA) is 6.48 Å². The van der Waals surface area contributed by atoms with E-state index in [4.69, 9.17) is 0 Å². The molecule has 2 aromatic rings. The minimum absolute atomic E-state index is 0.715. The maximum atomic E-state index is 2.64. The van der Waals surface area contributed by atoms with Crippen molar-refractivity contribution in [2.24, 2.45) is 0 Å². The Morgan fingerprint density at radius 1 is 0.913 bits per heavy atom. The van der Waals surface area contributed by atoms with Crippen LogP contribution in [-0.2, 0) is 13.1 Å². The van der Waals surface area contributed by atoms with E-state index in [9.17, 15) is 0 Å². The average Bonchev–Trinajstić information content (AvgIpc) is 3.04. The highest BCUT2D eigenvalue weighted by Crippen LogP contribution is 2.20. The molecule has 0 aliphatic carbocycles. The Labute approximate surface area is 140 Å². The molecule has 23 heavy (non-hydrogen) atoms. The molecule has 1 aliphatic heterocycles. The molecule has 1 fully saturated rings. The van der Waals surface area contributed by atoms with Crippen molar-refractivity contribution in [3.63, 3.8) is 0 Å². The SMILES string of the molecule is CCN1CCCC1CN(Cc1ccccc1)Cc1ccccc1. The first-order chi connectivity index (χ1) is 11.3. The second-order valence-corrected chi connectivity index (χ2v) is 6.57. The Morgan fingerprint density at radius 3 is 2.00 bits per heavy atom. The van der Waals surface area contributed by atoms with Crippen molar-refractivity contribution in [2.75, 3.05) is 19.6 Å². The normalized spacial score (nSPS) is 18.6. The van der Waals surface area contributed by atoms with Crippen molar-refractivity contribution in [2.45, 2.75) is 38.9 Å². The zero-order chi connectivity index (χ0) is 15.9. The number of benzene rings is 2. The summed E-state index contributed by atoms with van der Waals surface area (Å²) in [6.45, 7) is 7.96. The maximum Gasteiger partial charge on any atom is 0.0237 e. The molecule has 1 aliphatic rings. The molecule has 0 spiro atoms. The molecule has 0 N–H and O–H groups in total. The second-order valence-electron chi connectivity index (χ2n) is 6.57. The van der Waals surface area contributed by atoms with Gasteiger partial charge < -0.3 is 0 Å². The van der Waals surface area contributed by atoms with Gasteiger partial charge in [0.2, 0.25) is 0 Å². The Hall–Kier alpha value is -1.64. The van der Waals surface area contributed by atoms with E-state index in [0.717, 1.165) is 19.6 Å². The van der Waals surface area contributed by atoms with Gasteiger partial charge >= 0.3 is 0 Å². The molecule has 0 amide bonds. The number of likely N-dealkylation sites (N-methyl/N-ethyl adjacent to an activating group) is 1. The molecule has 2 aromatic carbocycles. The molecule has 0 saturated carbocycles. The highest BCUT2D eigenvalue weighted by Gasteiger charge is 2.25. The molecule has 122 valence electrons. The van der Waals surface area contributed by atoms with Crippen LogP contribution in [0.15, 0.2) is 60.7 Å². The van der Waals surface area contributed by atoms with Gasteiger partial charge in [-0.3, -0.25) is 9.80 Å². The highest BCUT2D eigenvalue weighted by molar-refractivity contribution is 5.17. The zero-order valence-electron chi connectivity index (χ0n) is 14.2. The minimum atomic E-state index is 0.715. The van der Waals surface area contributed by atoms with Crippen LogP contribution >= 0.6 is 0 Å². The van der Waals surface area contributed by atoms with Gasteiger partial charge in [0.25, 0.3) is 0 Å². The minimum Gasteiger partial charge on any atom is -0.299 e. The molecule has 1 heterocycles. The highest BCUT2D eigenvalue weighted by atomic mass is 15.2. The van der Waals surface area contributed by atoms with Crippen LogP contribution in [0.2, 0.25) is 0 Å². The summed E-state index contributed by atoms with van der Waals surface area (Å²) < 4.78 is 0. The van der Waals surface area contributed by atoms with Crippen LogP contribution in [0.25, 0.3) is 0 Å². The van der Waals surface area contributed by atoms with E-state index in [1.165, 1.54) is 37.1 Å². The van der Waals surface area contributed by atoms with Gasteiger partial charge in [0.1, 0.15) is 0 Å². The molecule has 2 nitrogen and oxygen atoms in total. The van der Waals surface area contributed by atoms with Crippen molar-refractivity contribution in [3.05, 3.63) is 71.8 Å². The third kappa shape index (κ3) is 4.66. The lowest BCUT2D eigenvalue weighted by Gasteiger charge is -2.30. The summed E-state index contributed by atoms with van der Waals surface area (Å²) in [5.74, 6) is 0. The summed E-state index contributed by atoms with van der Waals surface area (Å²) in [5.41, 5.74) is 2.81. The van der Waals surface area contributed by atoms with Crippen molar-refractivity contribution in [1.29, 1.82) is 0 Å². The Bertz CT molecular complexity index is 525. The largest absolute Gasteiger partial charge is 0.299 e. The Balaban J connectivity index is 1.70. The van der Waals surface area contributed by atoms with Gasteiger partial charge in [-0.1, -0.05) is 67.6 Å². The van der Waals surface area contributed by atoms with Crippen LogP contribution in [0.5, 0.6) is 0 Å². The fraction of sp³-hybridized carbons (Fsp3) is 0.429.